The topological polar surface area (TPSA) is 58.7 Å². The van der Waals surface area contributed by atoms with Gasteiger partial charge < -0.3 is 19.2 Å². The third kappa shape index (κ3) is 3.49. The first-order chi connectivity index (χ1) is 11.6. The normalized spacial score (nSPS) is 12.3. The van der Waals surface area contributed by atoms with Crippen molar-refractivity contribution < 1.29 is 18.7 Å². The van der Waals surface area contributed by atoms with Gasteiger partial charge >= 0.3 is 0 Å². The lowest BCUT2D eigenvalue weighted by Gasteiger charge is -2.11. The minimum absolute atomic E-state index is 0.102. The van der Waals surface area contributed by atoms with E-state index in [4.69, 9.17) is 9.15 Å². The predicted molar refractivity (Wildman–Crippen MR) is 91.2 cm³/mol. The third-order valence-corrected chi connectivity index (χ3v) is 3.61. The summed E-state index contributed by atoms with van der Waals surface area (Å²) in [6.45, 7) is -0.938. The highest BCUT2D eigenvalue weighted by Gasteiger charge is 2.10. The molecule has 0 spiro atoms. The SMILES string of the molecule is CN(C)c1ccc(-c2nc3ccc(OC[C@H](O)CF)cc3o2)cc1. The van der Waals surface area contributed by atoms with Crippen molar-refractivity contribution in [1.29, 1.82) is 0 Å². The molecule has 1 heterocycles. The van der Waals surface area contributed by atoms with Gasteiger partial charge in [-0.2, -0.15) is 0 Å². The summed E-state index contributed by atoms with van der Waals surface area (Å²) in [5, 5.41) is 9.21. The zero-order chi connectivity index (χ0) is 17.1. The molecule has 0 aliphatic carbocycles. The minimum atomic E-state index is -1.12. The van der Waals surface area contributed by atoms with Crippen LogP contribution in [-0.2, 0) is 0 Å². The molecular formula is C18H19FN2O3. The Balaban J connectivity index is 1.83. The van der Waals surface area contributed by atoms with Crippen LogP contribution in [0.4, 0.5) is 10.1 Å². The van der Waals surface area contributed by atoms with Crippen molar-refractivity contribution in [2.24, 2.45) is 0 Å². The van der Waals surface area contributed by atoms with Crippen LogP contribution in [0.15, 0.2) is 46.9 Å². The number of alkyl halides is 1. The van der Waals surface area contributed by atoms with Crippen molar-refractivity contribution in [2.45, 2.75) is 6.10 Å². The first kappa shape index (κ1) is 16.3. The summed E-state index contributed by atoms with van der Waals surface area (Å²) in [6, 6.07) is 13.1. The van der Waals surface area contributed by atoms with E-state index in [1.807, 2.05) is 43.3 Å². The van der Waals surface area contributed by atoms with E-state index in [1.54, 1.807) is 18.2 Å². The highest BCUT2D eigenvalue weighted by molar-refractivity contribution is 5.77. The first-order valence-corrected chi connectivity index (χ1v) is 7.62. The Hall–Kier alpha value is -2.60. The number of aliphatic hydroxyl groups is 1. The second-order valence-electron chi connectivity index (χ2n) is 5.71. The van der Waals surface area contributed by atoms with Gasteiger partial charge in [0, 0.05) is 31.4 Å². The Bertz CT molecular complexity index is 815. The van der Waals surface area contributed by atoms with Crippen molar-refractivity contribution in [3.05, 3.63) is 42.5 Å². The number of anilines is 1. The van der Waals surface area contributed by atoms with E-state index in [0.717, 1.165) is 11.3 Å². The molecule has 0 bridgehead atoms. The van der Waals surface area contributed by atoms with Crippen LogP contribution in [0, 0.1) is 0 Å². The van der Waals surface area contributed by atoms with Gasteiger partial charge in [0.25, 0.3) is 0 Å². The number of aromatic nitrogens is 1. The number of oxazole rings is 1. The Morgan fingerprint density at radius 1 is 1.21 bits per heavy atom. The first-order valence-electron chi connectivity index (χ1n) is 7.62. The molecule has 0 saturated heterocycles. The molecule has 0 fully saturated rings. The second kappa shape index (κ2) is 6.88. The predicted octanol–water partition coefficient (Wildman–Crippen LogP) is 3.27. The molecule has 0 aliphatic rings. The molecule has 1 atom stereocenters. The van der Waals surface area contributed by atoms with E-state index in [2.05, 4.69) is 4.98 Å². The fraction of sp³-hybridized carbons (Fsp3) is 0.278. The number of ether oxygens (including phenoxy) is 1. The van der Waals surface area contributed by atoms with Gasteiger partial charge in [-0.05, 0) is 36.4 Å². The van der Waals surface area contributed by atoms with Crippen molar-refractivity contribution in [1.82, 2.24) is 4.98 Å². The van der Waals surface area contributed by atoms with E-state index in [-0.39, 0.29) is 6.61 Å². The maximum absolute atomic E-state index is 12.3. The fourth-order valence-electron chi connectivity index (χ4n) is 2.26. The molecule has 24 heavy (non-hydrogen) atoms. The van der Waals surface area contributed by atoms with Gasteiger partial charge in [0.05, 0.1) is 0 Å². The molecule has 2 aromatic carbocycles. The lowest BCUT2D eigenvalue weighted by Crippen LogP contribution is -2.19. The molecule has 0 unspecified atom stereocenters. The van der Waals surface area contributed by atoms with Crippen LogP contribution in [0.3, 0.4) is 0 Å². The molecule has 126 valence electrons. The fourth-order valence-corrected chi connectivity index (χ4v) is 2.26. The summed E-state index contributed by atoms with van der Waals surface area (Å²) in [5.74, 6) is 1.02. The van der Waals surface area contributed by atoms with Crippen LogP contribution < -0.4 is 9.64 Å². The highest BCUT2D eigenvalue weighted by Crippen LogP contribution is 2.28. The van der Waals surface area contributed by atoms with E-state index in [9.17, 15) is 9.50 Å². The summed E-state index contributed by atoms with van der Waals surface area (Å²) in [4.78, 5) is 6.48. The molecule has 1 N–H and O–H groups in total. The lowest BCUT2D eigenvalue weighted by atomic mass is 10.2. The number of halogens is 1. The monoisotopic (exact) mass is 330 g/mol. The Labute approximate surface area is 139 Å². The number of nitrogens with zero attached hydrogens (tertiary/aromatic N) is 2. The molecule has 3 rings (SSSR count). The number of aliphatic hydroxyl groups excluding tert-OH is 1. The van der Waals surface area contributed by atoms with Gasteiger partial charge in [0.2, 0.25) is 5.89 Å². The zero-order valence-corrected chi connectivity index (χ0v) is 13.6. The molecule has 0 saturated carbocycles. The molecule has 6 heteroatoms. The maximum Gasteiger partial charge on any atom is 0.227 e. The Morgan fingerprint density at radius 2 is 1.96 bits per heavy atom. The zero-order valence-electron chi connectivity index (χ0n) is 13.6. The van der Waals surface area contributed by atoms with Gasteiger partial charge in [0.15, 0.2) is 5.58 Å². The number of benzene rings is 2. The van der Waals surface area contributed by atoms with Crippen LogP contribution in [0.25, 0.3) is 22.6 Å². The maximum atomic E-state index is 12.3. The second-order valence-corrected chi connectivity index (χ2v) is 5.71. The molecule has 0 radical (unpaired) electrons. The summed E-state index contributed by atoms with van der Waals surface area (Å²) in [5.41, 5.74) is 3.26. The molecule has 3 aromatic rings. The van der Waals surface area contributed by atoms with Crippen molar-refractivity contribution >= 4 is 16.8 Å². The molecular weight excluding hydrogens is 311 g/mol. The summed E-state index contributed by atoms with van der Waals surface area (Å²) in [7, 11) is 3.96. The largest absolute Gasteiger partial charge is 0.491 e. The van der Waals surface area contributed by atoms with Crippen molar-refractivity contribution in [3.63, 3.8) is 0 Å². The summed E-state index contributed by atoms with van der Waals surface area (Å²) < 4.78 is 23.4. The van der Waals surface area contributed by atoms with E-state index >= 15 is 0 Å². The van der Waals surface area contributed by atoms with Crippen LogP contribution in [0.1, 0.15) is 0 Å². The van der Waals surface area contributed by atoms with Crippen LogP contribution >= 0.6 is 0 Å². The van der Waals surface area contributed by atoms with Gasteiger partial charge in [-0.3, -0.25) is 0 Å². The van der Waals surface area contributed by atoms with Crippen LogP contribution in [-0.4, -0.2) is 43.6 Å². The van der Waals surface area contributed by atoms with Gasteiger partial charge in [-0.1, -0.05) is 0 Å². The van der Waals surface area contributed by atoms with E-state index in [1.165, 1.54) is 0 Å². The van der Waals surface area contributed by atoms with Crippen LogP contribution in [0.5, 0.6) is 5.75 Å². The molecule has 1 aromatic heterocycles. The average Bonchev–Trinajstić information content (AvgIpc) is 3.03. The van der Waals surface area contributed by atoms with Crippen LogP contribution in [0.2, 0.25) is 0 Å². The minimum Gasteiger partial charge on any atom is -0.491 e. The molecule has 0 aliphatic heterocycles. The van der Waals surface area contributed by atoms with Gasteiger partial charge in [-0.15, -0.1) is 0 Å². The van der Waals surface area contributed by atoms with E-state index < -0.39 is 12.8 Å². The molecule has 0 amide bonds. The summed E-state index contributed by atoms with van der Waals surface area (Å²) >= 11 is 0. The molecule has 5 nitrogen and oxygen atoms in total. The quantitative estimate of drug-likeness (QED) is 0.752. The van der Waals surface area contributed by atoms with Crippen molar-refractivity contribution in [3.8, 4) is 17.2 Å². The Kier molecular flexibility index (Phi) is 4.66. The average molecular weight is 330 g/mol. The number of rotatable bonds is 6. The van der Waals surface area contributed by atoms with Gasteiger partial charge in [-0.25, -0.2) is 9.37 Å². The number of fused-ring (bicyclic) bond motifs is 1. The standard InChI is InChI=1S/C18H19FN2O3/c1-21(2)13-5-3-12(4-6-13)18-20-16-8-7-15(9-17(16)24-18)23-11-14(22)10-19/h3-9,14,22H,10-11H2,1-2H3/t14-/m1/s1. The summed E-state index contributed by atoms with van der Waals surface area (Å²) in [6.07, 6.45) is -1.12. The number of hydrogen-bond acceptors (Lipinski definition) is 5. The Morgan fingerprint density at radius 3 is 2.62 bits per heavy atom. The van der Waals surface area contributed by atoms with E-state index in [0.29, 0.717) is 22.7 Å². The number of hydrogen-bond donors (Lipinski definition) is 1. The highest BCUT2D eigenvalue weighted by atomic mass is 19.1. The lowest BCUT2D eigenvalue weighted by molar-refractivity contribution is 0.0842. The van der Waals surface area contributed by atoms with Crippen molar-refractivity contribution in [2.75, 3.05) is 32.3 Å². The third-order valence-electron chi connectivity index (χ3n) is 3.61. The van der Waals surface area contributed by atoms with Gasteiger partial charge in [0.1, 0.15) is 30.7 Å². The smallest absolute Gasteiger partial charge is 0.227 e.